The Hall–Kier alpha value is -3.00. The number of hydrogen-bond acceptors (Lipinski definition) is 4. The topological polar surface area (TPSA) is 60.9 Å². The predicted molar refractivity (Wildman–Crippen MR) is 133 cm³/mol. The van der Waals surface area contributed by atoms with E-state index in [1.54, 1.807) is 28.6 Å². The minimum Gasteiger partial charge on any atom is -0.308 e. The van der Waals surface area contributed by atoms with Gasteiger partial charge in [-0.15, -0.1) is 0 Å². The third-order valence-corrected chi connectivity index (χ3v) is 8.56. The highest BCUT2D eigenvalue weighted by molar-refractivity contribution is 7.89. The molecule has 3 aromatic rings. The third-order valence-electron chi connectivity index (χ3n) is 6.65. The number of carbonyl (C=O) groups excluding carboxylic acids is 1. The second-order valence-electron chi connectivity index (χ2n) is 8.88. The second-order valence-corrected chi connectivity index (χ2v) is 10.8. The van der Waals surface area contributed by atoms with E-state index in [0.717, 1.165) is 30.6 Å². The van der Waals surface area contributed by atoms with Crippen LogP contribution in [0.3, 0.4) is 0 Å². The summed E-state index contributed by atoms with van der Waals surface area (Å²) in [5.41, 5.74) is 4.00. The smallest absolute Gasteiger partial charge is 0.258 e. The van der Waals surface area contributed by atoms with Gasteiger partial charge in [0, 0.05) is 50.5 Å². The summed E-state index contributed by atoms with van der Waals surface area (Å²) in [6.07, 6.45) is 1.98. The molecule has 2 aliphatic rings. The monoisotopic (exact) mass is 475 g/mol. The summed E-state index contributed by atoms with van der Waals surface area (Å²) >= 11 is 0. The molecule has 1 amide bonds. The van der Waals surface area contributed by atoms with Gasteiger partial charge in [0.1, 0.15) is 0 Å². The Morgan fingerprint density at radius 2 is 1.53 bits per heavy atom. The summed E-state index contributed by atoms with van der Waals surface area (Å²) in [7, 11) is -3.46. The van der Waals surface area contributed by atoms with E-state index in [1.807, 2.05) is 53.4 Å². The first-order valence-electron chi connectivity index (χ1n) is 11.8. The quantitative estimate of drug-likeness (QED) is 0.563. The SMILES string of the molecule is O=C(c1cccc(CN2CCN(S(=O)(=O)c3ccccc3)CC2)c1)N1CCCc2ccccc21. The molecule has 5 rings (SSSR count). The Bertz CT molecular complexity index is 1270. The number of piperazine rings is 1. The van der Waals surface area contributed by atoms with Crippen molar-refractivity contribution in [2.75, 3.05) is 37.6 Å². The van der Waals surface area contributed by atoms with Crippen molar-refractivity contribution in [1.82, 2.24) is 9.21 Å². The molecule has 1 saturated heterocycles. The Labute approximate surface area is 201 Å². The molecule has 6 nitrogen and oxygen atoms in total. The number of para-hydroxylation sites is 1. The average Bonchev–Trinajstić information content (AvgIpc) is 2.89. The van der Waals surface area contributed by atoms with Gasteiger partial charge in [-0.25, -0.2) is 8.42 Å². The zero-order chi connectivity index (χ0) is 23.5. The van der Waals surface area contributed by atoms with Crippen molar-refractivity contribution in [2.45, 2.75) is 24.3 Å². The van der Waals surface area contributed by atoms with Crippen LogP contribution in [0, 0.1) is 0 Å². The van der Waals surface area contributed by atoms with Crippen LogP contribution in [-0.2, 0) is 23.0 Å². The lowest BCUT2D eigenvalue weighted by atomic mass is 10.0. The van der Waals surface area contributed by atoms with Crippen LogP contribution in [0.25, 0.3) is 0 Å². The molecule has 0 aromatic heterocycles. The zero-order valence-electron chi connectivity index (χ0n) is 19.1. The maximum atomic E-state index is 13.3. The molecule has 0 atom stereocenters. The van der Waals surface area contributed by atoms with E-state index < -0.39 is 10.0 Å². The molecule has 2 heterocycles. The van der Waals surface area contributed by atoms with Crippen molar-refractivity contribution in [3.8, 4) is 0 Å². The number of hydrogen-bond donors (Lipinski definition) is 0. The van der Waals surface area contributed by atoms with Gasteiger partial charge >= 0.3 is 0 Å². The molecule has 0 aliphatic carbocycles. The summed E-state index contributed by atoms with van der Waals surface area (Å²) in [6.45, 7) is 3.66. The number of rotatable bonds is 5. The lowest BCUT2D eigenvalue weighted by Crippen LogP contribution is -2.48. The molecular weight excluding hydrogens is 446 g/mol. The molecule has 0 bridgehead atoms. The first kappa shape index (κ1) is 22.8. The van der Waals surface area contributed by atoms with Crippen LogP contribution in [0.5, 0.6) is 0 Å². The van der Waals surface area contributed by atoms with Crippen molar-refractivity contribution in [3.05, 3.63) is 95.6 Å². The minimum absolute atomic E-state index is 0.0350. The lowest BCUT2D eigenvalue weighted by Gasteiger charge is -2.34. The van der Waals surface area contributed by atoms with Crippen molar-refractivity contribution >= 4 is 21.6 Å². The zero-order valence-corrected chi connectivity index (χ0v) is 20.0. The number of anilines is 1. The fourth-order valence-corrected chi connectivity index (χ4v) is 6.27. The van der Waals surface area contributed by atoms with E-state index >= 15 is 0 Å². The Morgan fingerprint density at radius 3 is 2.32 bits per heavy atom. The van der Waals surface area contributed by atoms with Crippen LogP contribution in [-0.4, -0.2) is 56.3 Å². The first-order chi connectivity index (χ1) is 16.5. The minimum atomic E-state index is -3.46. The van der Waals surface area contributed by atoms with Crippen LogP contribution in [0.1, 0.15) is 27.9 Å². The van der Waals surface area contributed by atoms with E-state index in [0.29, 0.717) is 43.2 Å². The van der Waals surface area contributed by atoms with Crippen LogP contribution >= 0.6 is 0 Å². The molecule has 0 spiro atoms. The van der Waals surface area contributed by atoms with Gasteiger partial charge in [-0.3, -0.25) is 9.69 Å². The number of nitrogens with zero attached hydrogens (tertiary/aromatic N) is 3. The van der Waals surface area contributed by atoms with Crippen molar-refractivity contribution in [1.29, 1.82) is 0 Å². The highest BCUT2D eigenvalue weighted by Crippen LogP contribution is 2.28. The molecule has 0 radical (unpaired) electrons. The standard InChI is InChI=1S/C27H29N3O3S/c31-27(30-15-7-11-23-9-4-5-14-26(23)30)24-10-6-8-22(20-24)21-28-16-18-29(19-17-28)34(32,33)25-12-2-1-3-13-25/h1-6,8-10,12-14,20H,7,11,15-19,21H2. The second kappa shape index (κ2) is 9.70. The van der Waals surface area contributed by atoms with Crippen LogP contribution < -0.4 is 4.90 Å². The van der Waals surface area contributed by atoms with E-state index in [9.17, 15) is 13.2 Å². The summed E-state index contributed by atoms with van der Waals surface area (Å²) in [5, 5.41) is 0. The molecule has 7 heteroatoms. The summed E-state index contributed by atoms with van der Waals surface area (Å²) in [4.78, 5) is 17.8. The highest BCUT2D eigenvalue weighted by atomic mass is 32.2. The lowest BCUT2D eigenvalue weighted by molar-refractivity contribution is 0.0984. The Kier molecular flexibility index (Phi) is 6.50. The highest BCUT2D eigenvalue weighted by Gasteiger charge is 2.28. The number of benzene rings is 3. The number of aryl methyl sites for hydroxylation is 1. The van der Waals surface area contributed by atoms with Gasteiger partial charge in [0.15, 0.2) is 0 Å². The number of sulfonamides is 1. The van der Waals surface area contributed by atoms with E-state index in [4.69, 9.17) is 0 Å². The Morgan fingerprint density at radius 1 is 0.794 bits per heavy atom. The molecule has 0 N–H and O–H groups in total. The van der Waals surface area contributed by atoms with Gasteiger partial charge < -0.3 is 4.90 Å². The molecule has 176 valence electrons. The van der Waals surface area contributed by atoms with Crippen molar-refractivity contribution in [2.24, 2.45) is 0 Å². The average molecular weight is 476 g/mol. The van der Waals surface area contributed by atoms with Crippen molar-refractivity contribution < 1.29 is 13.2 Å². The fourth-order valence-electron chi connectivity index (χ4n) is 4.83. The van der Waals surface area contributed by atoms with Crippen molar-refractivity contribution in [3.63, 3.8) is 0 Å². The molecule has 0 unspecified atom stereocenters. The molecule has 1 fully saturated rings. The fraction of sp³-hybridized carbons (Fsp3) is 0.296. The van der Waals surface area contributed by atoms with Gasteiger partial charge in [-0.05, 0) is 54.3 Å². The van der Waals surface area contributed by atoms with Crippen LogP contribution in [0.2, 0.25) is 0 Å². The first-order valence-corrected chi connectivity index (χ1v) is 13.2. The van der Waals surface area contributed by atoms with Gasteiger partial charge in [0.25, 0.3) is 5.91 Å². The van der Waals surface area contributed by atoms with E-state index in [1.165, 1.54) is 5.56 Å². The molecular formula is C27H29N3O3S. The van der Waals surface area contributed by atoms with E-state index in [2.05, 4.69) is 11.0 Å². The largest absolute Gasteiger partial charge is 0.308 e. The maximum absolute atomic E-state index is 13.3. The van der Waals surface area contributed by atoms with Gasteiger partial charge in [0.05, 0.1) is 4.90 Å². The predicted octanol–water partition coefficient (Wildman–Crippen LogP) is 3.79. The van der Waals surface area contributed by atoms with Gasteiger partial charge in [0.2, 0.25) is 10.0 Å². The number of carbonyl (C=O) groups is 1. The van der Waals surface area contributed by atoms with E-state index in [-0.39, 0.29) is 5.91 Å². The third kappa shape index (κ3) is 4.64. The summed E-state index contributed by atoms with van der Waals surface area (Å²) < 4.78 is 27.3. The van der Waals surface area contributed by atoms with Gasteiger partial charge in [-0.2, -0.15) is 4.31 Å². The number of fused-ring (bicyclic) bond motifs is 1. The van der Waals surface area contributed by atoms with Crippen LogP contribution in [0.15, 0.2) is 83.8 Å². The number of amides is 1. The summed E-state index contributed by atoms with van der Waals surface area (Å²) in [5.74, 6) is 0.0350. The molecule has 0 saturated carbocycles. The van der Waals surface area contributed by atoms with Crippen LogP contribution in [0.4, 0.5) is 5.69 Å². The summed E-state index contributed by atoms with van der Waals surface area (Å²) in [6, 6.07) is 24.6. The molecule has 34 heavy (non-hydrogen) atoms. The maximum Gasteiger partial charge on any atom is 0.258 e. The normalized spacial score (nSPS) is 17.4. The van der Waals surface area contributed by atoms with Gasteiger partial charge in [-0.1, -0.05) is 48.5 Å². The molecule has 2 aliphatic heterocycles. The Balaban J connectivity index is 1.24. The molecule has 3 aromatic carbocycles.